The Balaban J connectivity index is 2.09. The van der Waals surface area contributed by atoms with Gasteiger partial charge in [-0.2, -0.15) is 0 Å². The van der Waals surface area contributed by atoms with Crippen LogP contribution < -0.4 is 0 Å². The molecule has 0 radical (unpaired) electrons. The van der Waals surface area contributed by atoms with E-state index in [4.69, 9.17) is 0 Å². The second-order valence-corrected chi connectivity index (χ2v) is 8.89. The van der Waals surface area contributed by atoms with Crippen LogP contribution >= 0.6 is 0 Å². The number of hydrogen-bond acceptors (Lipinski definition) is 3. The van der Waals surface area contributed by atoms with Gasteiger partial charge in [0.1, 0.15) is 5.78 Å². The summed E-state index contributed by atoms with van der Waals surface area (Å²) in [6, 6.07) is 18.4. The van der Waals surface area contributed by atoms with Crippen LogP contribution in [0.5, 0.6) is 0 Å². The standard InChI is InChI=1S/C25H30N2O2/c1-17(28)24(2)22(18-11-7-6-8-12-18)23-20(15-16-26(4)5)19-13-9-10-14-21(19)27(23)25(24,3)29/h6-14,22,29H,15-16H2,1-5H3. The molecule has 0 spiro atoms. The number of ketones is 1. The van der Waals surface area contributed by atoms with Gasteiger partial charge in [0, 0.05) is 23.5 Å². The summed E-state index contributed by atoms with van der Waals surface area (Å²) in [5, 5.41) is 13.1. The Morgan fingerprint density at radius 1 is 1.07 bits per heavy atom. The maximum atomic E-state index is 13.1. The van der Waals surface area contributed by atoms with Gasteiger partial charge in [-0.15, -0.1) is 0 Å². The number of carbonyl (C=O) groups excluding carboxylic acids is 1. The molecule has 2 aromatic carbocycles. The van der Waals surface area contributed by atoms with E-state index in [9.17, 15) is 9.90 Å². The zero-order valence-corrected chi connectivity index (χ0v) is 17.9. The number of carbonyl (C=O) groups is 1. The highest BCUT2D eigenvalue weighted by atomic mass is 16.3. The summed E-state index contributed by atoms with van der Waals surface area (Å²) in [5.41, 5.74) is 2.08. The van der Waals surface area contributed by atoms with Crippen LogP contribution in [0.2, 0.25) is 0 Å². The zero-order valence-electron chi connectivity index (χ0n) is 17.9. The van der Waals surface area contributed by atoms with Crippen LogP contribution in [0.15, 0.2) is 54.6 Å². The molecule has 3 unspecified atom stereocenters. The number of para-hydroxylation sites is 1. The first-order chi connectivity index (χ1) is 13.7. The predicted octanol–water partition coefficient (Wildman–Crippen LogP) is 4.15. The fourth-order valence-corrected chi connectivity index (χ4v) is 5.15. The van der Waals surface area contributed by atoms with E-state index < -0.39 is 11.1 Å². The molecule has 0 saturated heterocycles. The van der Waals surface area contributed by atoms with Crippen molar-refractivity contribution in [2.24, 2.45) is 5.41 Å². The van der Waals surface area contributed by atoms with Crippen molar-refractivity contribution >= 4 is 16.7 Å². The molecule has 3 aromatic rings. The van der Waals surface area contributed by atoms with Gasteiger partial charge in [0.25, 0.3) is 0 Å². The van der Waals surface area contributed by atoms with Crippen molar-refractivity contribution in [2.45, 2.75) is 38.8 Å². The maximum absolute atomic E-state index is 13.1. The number of benzene rings is 2. The number of likely N-dealkylation sites (N-methyl/N-ethyl adjacent to an activating group) is 1. The van der Waals surface area contributed by atoms with Gasteiger partial charge in [0.15, 0.2) is 5.72 Å². The fraction of sp³-hybridized carbons (Fsp3) is 0.400. The van der Waals surface area contributed by atoms with E-state index in [-0.39, 0.29) is 11.7 Å². The molecule has 0 aliphatic carbocycles. The van der Waals surface area contributed by atoms with Crippen molar-refractivity contribution in [3.8, 4) is 0 Å². The second-order valence-electron chi connectivity index (χ2n) is 8.89. The van der Waals surface area contributed by atoms with Gasteiger partial charge in [0.2, 0.25) is 0 Å². The molecule has 4 nitrogen and oxygen atoms in total. The van der Waals surface area contributed by atoms with Crippen LogP contribution in [0.4, 0.5) is 0 Å². The Kier molecular flexibility index (Phi) is 4.67. The molecule has 0 amide bonds. The highest BCUT2D eigenvalue weighted by Crippen LogP contribution is 2.59. The van der Waals surface area contributed by atoms with Gasteiger partial charge in [-0.3, -0.25) is 4.79 Å². The smallest absolute Gasteiger partial charge is 0.152 e. The fourth-order valence-electron chi connectivity index (χ4n) is 5.15. The number of fused-ring (bicyclic) bond motifs is 3. The molecular formula is C25H30N2O2. The van der Waals surface area contributed by atoms with E-state index >= 15 is 0 Å². The predicted molar refractivity (Wildman–Crippen MR) is 117 cm³/mol. The molecule has 1 aromatic heterocycles. The monoisotopic (exact) mass is 390 g/mol. The molecule has 0 saturated carbocycles. The van der Waals surface area contributed by atoms with Crippen LogP contribution in [0.25, 0.3) is 10.9 Å². The van der Waals surface area contributed by atoms with E-state index in [1.165, 1.54) is 5.56 Å². The third kappa shape index (κ3) is 2.70. The first-order valence-electron chi connectivity index (χ1n) is 10.3. The lowest BCUT2D eigenvalue weighted by molar-refractivity contribution is -0.153. The van der Waals surface area contributed by atoms with Gasteiger partial charge in [-0.25, -0.2) is 0 Å². The summed E-state index contributed by atoms with van der Waals surface area (Å²) in [4.78, 5) is 15.2. The molecule has 1 N–H and O–H groups in total. The maximum Gasteiger partial charge on any atom is 0.152 e. The van der Waals surface area contributed by atoms with Crippen LogP contribution in [0, 0.1) is 5.41 Å². The Morgan fingerprint density at radius 3 is 2.31 bits per heavy atom. The lowest BCUT2D eigenvalue weighted by atomic mass is 9.65. The van der Waals surface area contributed by atoms with Gasteiger partial charge in [-0.05, 0) is 58.5 Å². The number of rotatable bonds is 5. The van der Waals surface area contributed by atoms with Crippen molar-refractivity contribution in [2.75, 3.05) is 20.6 Å². The van der Waals surface area contributed by atoms with Crippen LogP contribution in [-0.4, -0.2) is 41.0 Å². The Bertz CT molecular complexity index is 1070. The van der Waals surface area contributed by atoms with E-state index in [0.717, 1.165) is 35.1 Å². The normalized spacial score (nSPS) is 26.2. The second kappa shape index (κ2) is 6.82. The SMILES string of the molecule is CC(=O)C1(C)C(c2ccccc2)c2c(CCN(C)C)c3ccccc3n2C1(C)O. The van der Waals surface area contributed by atoms with E-state index in [2.05, 4.69) is 43.3 Å². The minimum Gasteiger partial charge on any atom is -0.370 e. The third-order valence-electron chi connectivity index (χ3n) is 6.96. The van der Waals surface area contributed by atoms with Crippen LogP contribution in [-0.2, 0) is 16.9 Å². The lowest BCUT2D eigenvalue weighted by Gasteiger charge is -2.39. The van der Waals surface area contributed by atoms with E-state index in [1.807, 2.05) is 41.8 Å². The Labute approximate surface area is 172 Å². The molecule has 4 rings (SSSR count). The summed E-state index contributed by atoms with van der Waals surface area (Å²) in [5.74, 6) is -0.205. The molecule has 152 valence electrons. The molecule has 2 heterocycles. The summed E-state index contributed by atoms with van der Waals surface area (Å²) < 4.78 is 2.03. The van der Waals surface area contributed by atoms with Crippen molar-refractivity contribution in [3.63, 3.8) is 0 Å². The summed E-state index contributed by atoms with van der Waals surface area (Å²) in [7, 11) is 4.14. The molecular weight excluding hydrogens is 360 g/mol. The molecule has 29 heavy (non-hydrogen) atoms. The zero-order chi connectivity index (χ0) is 21.0. The van der Waals surface area contributed by atoms with Gasteiger partial charge in [0.05, 0.1) is 10.9 Å². The van der Waals surface area contributed by atoms with Crippen LogP contribution in [0.3, 0.4) is 0 Å². The van der Waals surface area contributed by atoms with E-state index in [1.54, 1.807) is 13.8 Å². The first-order valence-corrected chi connectivity index (χ1v) is 10.3. The highest BCUT2D eigenvalue weighted by molar-refractivity contribution is 5.91. The van der Waals surface area contributed by atoms with Gasteiger partial charge < -0.3 is 14.6 Å². The average Bonchev–Trinajstić information content (AvgIpc) is 3.10. The number of Topliss-reactive ketones (excluding diaryl/α,β-unsaturated/α-hetero) is 1. The Hall–Kier alpha value is -2.43. The topological polar surface area (TPSA) is 45.5 Å². The lowest BCUT2D eigenvalue weighted by Crippen LogP contribution is -2.48. The molecule has 4 heteroatoms. The summed E-state index contributed by atoms with van der Waals surface area (Å²) in [6.45, 7) is 6.23. The highest BCUT2D eigenvalue weighted by Gasteiger charge is 2.62. The van der Waals surface area contributed by atoms with Crippen molar-refractivity contribution in [3.05, 3.63) is 71.4 Å². The van der Waals surface area contributed by atoms with Gasteiger partial charge in [-0.1, -0.05) is 48.5 Å². The molecule has 0 fully saturated rings. The van der Waals surface area contributed by atoms with Crippen LogP contribution in [0.1, 0.15) is 43.5 Å². The summed E-state index contributed by atoms with van der Waals surface area (Å²) in [6.07, 6.45) is 0.864. The number of nitrogens with zero attached hydrogens (tertiary/aromatic N) is 2. The third-order valence-corrected chi connectivity index (χ3v) is 6.96. The van der Waals surface area contributed by atoms with E-state index in [0.29, 0.717) is 0 Å². The molecule has 3 atom stereocenters. The Morgan fingerprint density at radius 2 is 1.69 bits per heavy atom. The average molecular weight is 391 g/mol. The number of hydrogen-bond donors (Lipinski definition) is 1. The minimum absolute atomic E-state index is 0.00249. The van der Waals surface area contributed by atoms with Crippen molar-refractivity contribution in [1.29, 1.82) is 0 Å². The van der Waals surface area contributed by atoms with Gasteiger partial charge >= 0.3 is 0 Å². The van der Waals surface area contributed by atoms with Crippen molar-refractivity contribution in [1.82, 2.24) is 9.47 Å². The quantitative estimate of drug-likeness (QED) is 0.712. The molecule has 0 bridgehead atoms. The molecule has 1 aliphatic rings. The summed E-state index contributed by atoms with van der Waals surface area (Å²) >= 11 is 0. The number of aliphatic hydroxyl groups is 1. The number of aromatic nitrogens is 1. The minimum atomic E-state index is -1.33. The first kappa shape index (κ1) is 19.9. The van der Waals surface area contributed by atoms with Crippen molar-refractivity contribution < 1.29 is 9.90 Å². The largest absolute Gasteiger partial charge is 0.370 e. The molecule has 1 aliphatic heterocycles.